The summed E-state index contributed by atoms with van der Waals surface area (Å²) in [4.78, 5) is 10.2. The zero-order valence-corrected chi connectivity index (χ0v) is 7.88. The molecule has 12 heavy (non-hydrogen) atoms. The third kappa shape index (κ3) is 7.32. The van der Waals surface area contributed by atoms with Crippen LogP contribution in [-0.2, 0) is 4.79 Å². The van der Waals surface area contributed by atoms with Crippen molar-refractivity contribution in [1.29, 1.82) is 0 Å². The molecule has 0 saturated carbocycles. The van der Waals surface area contributed by atoms with Crippen LogP contribution in [-0.4, -0.2) is 5.97 Å². The van der Waals surface area contributed by atoms with Crippen LogP contribution in [0.4, 0.5) is 0 Å². The smallest absolute Gasteiger partial charge is 0.0420 e. The summed E-state index contributed by atoms with van der Waals surface area (Å²) in [5, 5.41) is 10.2. The highest BCUT2D eigenvalue weighted by molar-refractivity contribution is 5.64. The van der Waals surface area contributed by atoms with Crippen molar-refractivity contribution in [2.24, 2.45) is 5.92 Å². The molecular formula is C10H17O2-. The molecule has 0 amide bonds. The van der Waals surface area contributed by atoms with Gasteiger partial charge in [-0.05, 0) is 18.8 Å². The number of hydrogen-bond acceptors (Lipinski definition) is 2. The molecule has 2 nitrogen and oxygen atoms in total. The summed E-state index contributed by atoms with van der Waals surface area (Å²) < 4.78 is 0. The first kappa shape index (κ1) is 11.2. The molecular weight excluding hydrogens is 152 g/mol. The molecule has 0 aliphatic heterocycles. The number of carbonyl (C=O) groups is 1. The summed E-state index contributed by atoms with van der Waals surface area (Å²) in [5.74, 6) is -0.866. The van der Waals surface area contributed by atoms with Gasteiger partial charge in [-0.25, -0.2) is 0 Å². The molecule has 2 heteroatoms. The van der Waals surface area contributed by atoms with Crippen LogP contribution in [0.3, 0.4) is 0 Å². The first-order chi connectivity index (χ1) is 5.66. The van der Waals surface area contributed by atoms with E-state index in [2.05, 4.69) is 13.0 Å². The van der Waals surface area contributed by atoms with E-state index in [-0.39, 0.29) is 12.3 Å². The molecule has 0 bridgehead atoms. The summed E-state index contributed by atoms with van der Waals surface area (Å²) in [6.07, 6.45) is 7.53. The second-order valence-corrected chi connectivity index (χ2v) is 3.12. The van der Waals surface area contributed by atoms with Crippen molar-refractivity contribution < 1.29 is 9.90 Å². The molecule has 0 aliphatic carbocycles. The van der Waals surface area contributed by atoms with E-state index in [0.29, 0.717) is 0 Å². The lowest BCUT2D eigenvalue weighted by Gasteiger charge is -2.05. The van der Waals surface area contributed by atoms with Crippen LogP contribution in [0, 0.1) is 5.92 Å². The minimum Gasteiger partial charge on any atom is -0.550 e. The molecule has 0 N–H and O–H groups in total. The van der Waals surface area contributed by atoms with Gasteiger partial charge in [-0.1, -0.05) is 38.8 Å². The van der Waals surface area contributed by atoms with Gasteiger partial charge in [-0.2, -0.15) is 0 Å². The number of carbonyl (C=O) groups excluding carboxylic acids is 1. The predicted octanol–water partition coefficient (Wildman–Crippen LogP) is 1.51. The van der Waals surface area contributed by atoms with Gasteiger partial charge in [0.2, 0.25) is 0 Å². The first-order valence-corrected chi connectivity index (χ1v) is 4.53. The Labute approximate surface area is 74.3 Å². The van der Waals surface area contributed by atoms with Crippen molar-refractivity contribution in [1.82, 2.24) is 0 Å². The highest BCUT2D eigenvalue weighted by Crippen LogP contribution is 2.04. The summed E-state index contributed by atoms with van der Waals surface area (Å²) >= 11 is 0. The molecule has 0 heterocycles. The summed E-state index contributed by atoms with van der Waals surface area (Å²) in [6, 6.07) is 0. The molecule has 0 saturated heterocycles. The molecule has 0 rings (SSSR count). The maximum atomic E-state index is 10.2. The number of unbranched alkanes of at least 4 members (excludes halogenated alkanes) is 2. The Hall–Kier alpha value is -0.790. The van der Waals surface area contributed by atoms with E-state index < -0.39 is 5.97 Å². The zero-order valence-electron chi connectivity index (χ0n) is 7.88. The Kier molecular flexibility index (Phi) is 6.44. The van der Waals surface area contributed by atoms with Gasteiger partial charge in [-0.15, -0.1) is 0 Å². The second kappa shape index (κ2) is 6.89. The summed E-state index contributed by atoms with van der Waals surface area (Å²) in [6.45, 7) is 4.02. The monoisotopic (exact) mass is 169 g/mol. The van der Waals surface area contributed by atoms with E-state index >= 15 is 0 Å². The van der Waals surface area contributed by atoms with Crippen molar-refractivity contribution in [2.45, 2.75) is 39.5 Å². The fraction of sp³-hybridized carbons (Fsp3) is 0.700. The van der Waals surface area contributed by atoms with Crippen molar-refractivity contribution >= 4 is 5.97 Å². The van der Waals surface area contributed by atoms with Crippen LogP contribution < -0.4 is 5.11 Å². The van der Waals surface area contributed by atoms with Crippen LogP contribution >= 0.6 is 0 Å². The van der Waals surface area contributed by atoms with Gasteiger partial charge in [0.1, 0.15) is 0 Å². The lowest BCUT2D eigenvalue weighted by Crippen LogP contribution is -2.23. The molecule has 0 radical (unpaired) electrons. The van der Waals surface area contributed by atoms with Gasteiger partial charge < -0.3 is 9.90 Å². The highest BCUT2D eigenvalue weighted by Gasteiger charge is 1.95. The van der Waals surface area contributed by atoms with Gasteiger partial charge in [0.15, 0.2) is 0 Å². The maximum Gasteiger partial charge on any atom is 0.0420 e. The first-order valence-electron chi connectivity index (χ1n) is 4.53. The number of carboxylic acids is 1. The van der Waals surface area contributed by atoms with Gasteiger partial charge in [0.25, 0.3) is 0 Å². The zero-order chi connectivity index (χ0) is 9.40. The number of aliphatic carboxylic acids is 1. The number of hydrogen-bond donors (Lipinski definition) is 0. The van der Waals surface area contributed by atoms with Crippen LogP contribution in [0.25, 0.3) is 0 Å². The van der Waals surface area contributed by atoms with Crippen molar-refractivity contribution in [3.63, 3.8) is 0 Å². The molecule has 0 aromatic heterocycles. The average Bonchev–Trinajstić information content (AvgIpc) is 1.97. The van der Waals surface area contributed by atoms with Gasteiger partial charge in [-0.3, -0.25) is 0 Å². The van der Waals surface area contributed by atoms with E-state index in [9.17, 15) is 9.90 Å². The molecule has 0 fully saturated rings. The largest absolute Gasteiger partial charge is 0.550 e. The van der Waals surface area contributed by atoms with Crippen LogP contribution in [0.5, 0.6) is 0 Å². The van der Waals surface area contributed by atoms with E-state index in [0.717, 1.165) is 6.42 Å². The number of allylic oxidation sites excluding steroid dienone is 2. The number of carboxylic acid groups (broad SMARTS) is 1. The van der Waals surface area contributed by atoms with E-state index in [4.69, 9.17) is 0 Å². The van der Waals surface area contributed by atoms with Crippen molar-refractivity contribution in [2.75, 3.05) is 0 Å². The molecule has 0 aliphatic rings. The van der Waals surface area contributed by atoms with Gasteiger partial charge in [0, 0.05) is 5.97 Å². The molecule has 70 valence electrons. The van der Waals surface area contributed by atoms with Crippen molar-refractivity contribution in [3.8, 4) is 0 Å². The summed E-state index contributed by atoms with van der Waals surface area (Å²) in [7, 11) is 0. The Morgan fingerprint density at radius 1 is 1.58 bits per heavy atom. The Bertz CT molecular complexity index is 150. The Balaban J connectivity index is 3.46. The fourth-order valence-electron chi connectivity index (χ4n) is 0.981. The molecule has 0 aromatic rings. The lowest BCUT2D eigenvalue weighted by molar-refractivity contribution is -0.306. The van der Waals surface area contributed by atoms with Gasteiger partial charge >= 0.3 is 0 Å². The molecule has 0 aromatic carbocycles. The molecule has 0 spiro atoms. The SMILES string of the molecule is CCCC/C=C\C(C)CC(=O)[O-]. The normalized spacial score (nSPS) is 13.5. The standard InChI is InChI=1S/C10H18O2/c1-3-4-5-6-7-9(2)8-10(11)12/h6-7,9H,3-5,8H2,1-2H3,(H,11,12)/p-1/b7-6-. The van der Waals surface area contributed by atoms with Crippen LogP contribution in [0.15, 0.2) is 12.2 Å². The topological polar surface area (TPSA) is 40.1 Å². The minimum absolute atomic E-state index is 0.104. The minimum atomic E-state index is -0.970. The van der Waals surface area contributed by atoms with Crippen LogP contribution in [0.2, 0.25) is 0 Å². The third-order valence-corrected chi connectivity index (χ3v) is 1.68. The lowest BCUT2D eigenvalue weighted by atomic mass is 10.1. The molecule has 1 unspecified atom stereocenters. The predicted molar refractivity (Wildman–Crippen MR) is 47.5 cm³/mol. The van der Waals surface area contributed by atoms with E-state index in [1.54, 1.807) is 0 Å². The van der Waals surface area contributed by atoms with Crippen molar-refractivity contribution in [3.05, 3.63) is 12.2 Å². The number of rotatable bonds is 6. The quantitative estimate of drug-likeness (QED) is 0.446. The summed E-state index contributed by atoms with van der Waals surface area (Å²) in [5.41, 5.74) is 0. The maximum absolute atomic E-state index is 10.2. The van der Waals surface area contributed by atoms with Gasteiger partial charge in [0.05, 0.1) is 0 Å². The van der Waals surface area contributed by atoms with E-state index in [1.165, 1.54) is 12.8 Å². The average molecular weight is 169 g/mol. The third-order valence-electron chi connectivity index (χ3n) is 1.68. The highest BCUT2D eigenvalue weighted by atomic mass is 16.4. The Morgan fingerprint density at radius 3 is 2.75 bits per heavy atom. The molecule has 1 atom stereocenters. The Morgan fingerprint density at radius 2 is 2.25 bits per heavy atom. The second-order valence-electron chi connectivity index (χ2n) is 3.12. The van der Waals surface area contributed by atoms with E-state index in [1.807, 2.05) is 13.0 Å². The fourth-order valence-corrected chi connectivity index (χ4v) is 0.981. The van der Waals surface area contributed by atoms with Crippen LogP contribution in [0.1, 0.15) is 39.5 Å².